The number of nitriles is 1. The van der Waals surface area contributed by atoms with Crippen LogP contribution in [-0.2, 0) is 0 Å². The third kappa shape index (κ3) is 3.04. The van der Waals surface area contributed by atoms with Crippen molar-refractivity contribution < 1.29 is 10.2 Å². The number of anilines is 1. The van der Waals surface area contributed by atoms with Crippen LogP contribution in [0.15, 0.2) is 18.3 Å². The Morgan fingerprint density at radius 2 is 1.96 bits per heavy atom. The molecule has 0 bridgehead atoms. The van der Waals surface area contributed by atoms with Crippen molar-refractivity contribution in [3.8, 4) is 28.8 Å². The number of hydrogen-bond acceptors (Lipinski definition) is 6. The lowest BCUT2D eigenvalue weighted by molar-refractivity contribution is 0.287. The van der Waals surface area contributed by atoms with Crippen LogP contribution in [0.3, 0.4) is 0 Å². The van der Waals surface area contributed by atoms with E-state index in [9.17, 15) is 10.2 Å². The van der Waals surface area contributed by atoms with Gasteiger partial charge in [0.25, 0.3) is 0 Å². The van der Waals surface area contributed by atoms with E-state index >= 15 is 0 Å². The van der Waals surface area contributed by atoms with Crippen molar-refractivity contribution in [2.45, 2.75) is 0 Å². The summed E-state index contributed by atoms with van der Waals surface area (Å²) in [4.78, 5) is 4.23. The summed E-state index contributed by atoms with van der Waals surface area (Å²) < 4.78 is 0. The lowest BCUT2D eigenvalue weighted by Crippen LogP contribution is -2.46. The van der Waals surface area contributed by atoms with Crippen LogP contribution in [-0.4, -0.2) is 58.0 Å². The first-order valence-electron chi connectivity index (χ1n) is 7.19. The monoisotopic (exact) mass is 333 g/mol. The number of nitrogens with one attached hydrogen (secondary N) is 1. The molecule has 3 rings (SSSR count). The van der Waals surface area contributed by atoms with Gasteiger partial charge in [-0.25, -0.2) is 0 Å². The van der Waals surface area contributed by atoms with Crippen molar-refractivity contribution in [3.63, 3.8) is 0 Å². The maximum atomic E-state index is 10.1. The quantitative estimate of drug-likeness (QED) is 0.740. The minimum Gasteiger partial charge on any atom is -0.507 e. The molecule has 0 spiro atoms. The average Bonchev–Trinajstić information content (AvgIpc) is 3.01. The molecule has 2 heterocycles. The van der Waals surface area contributed by atoms with Crippen molar-refractivity contribution in [1.82, 2.24) is 15.1 Å². The molecular formula is C15H16ClN5O2. The summed E-state index contributed by atoms with van der Waals surface area (Å²) in [6.45, 7) is 3.54. The Morgan fingerprint density at radius 3 is 2.65 bits per heavy atom. The highest BCUT2D eigenvalue weighted by Gasteiger charge is 2.22. The second-order valence-corrected chi connectivity index (χ2v) is 5.78. The van der Waals surface area contributed by atoms with Gasteiger partial charge in [0.1, 0.15) is 11.5 Å². The maximum Gasteiger partial charge on any atom is 0.137 e. The molecule has 1 aromatic carbocycles. The van der Waals surface area contributed by atoms with Crippen LogP contribution in [0.4, 0.5) is 5.69 Å². The molecule has 1 fully saturated rings. The molecule has 120 valence electrons. The van der Waals surface area contributed by atoms with Crippen LogP contribution in [0, 0.1) is 11.3 Å². The number of phenols is 2. The number of halogens is 1. The molecule has 1 aliphatic rings. The predicted molar refractivity (Wildman–Crippen MR) is 86.6 cm³/mol. The summed E-state index contributed by atoms with van der Waals surface area (Å²) in [5.41, 5.74) is 2.00. The van der Waals surface area contributed by atoms with Gasteiger partial charge < -0.3 is 15.1 Å². The summed E-state index contributed by atoms with van der Waals surface area (Å²) in [6.07, 6.45) is 1.70. The number of aromatic hydroxyl groups is 2. The first-order chi connectivity index (χ1) is 11.1. The molecule has 1 saturated heterocycles. The molecule has 0 aliphatic carbocycles. The first-order valence-corrected chi connectivity index (χ1v) is 7.57. The van der Waals surface area contributed by atoms with Crippen LogP contribution in [0.5, 0.6) is 11.5 Å². The van der Waals surface area contributed by atoms with Crippen LogP contribution in [0.2, 0.25) is 5.02 Å². The third-order valence-corrected chi connectivity index (χ3v) is 4.26. The number of H-pyrrole nitrogens is 1. The van der Waals surface area contributed by atoms with E-state index in [1.165, 1.54) is 12.1 Å². The number of benzene rings is 1. The van der Waals surface area contributed by atoms with Crippen molar-refractivity contribution in [1.29, 1.82) is 5.26 Å². The Balaban J connectivity index is 1.87. The second-order valence-electron chi connectivity index (χ2n) is 5.37. The Labute approximate surface area is 138 Å². The highest BCUT2D eigenvalue weighted by molar-refractivity contribution is 6.32. The zero-order valence-electron chi connectivity index (χ0n) is 12.3. The van der Waals surface area contributed by atoms with Gasteiger partial charge in [0.15, 0.2) is 0 Å². The lowest BCUT2D eigenvalue weighted by atomic mass is 10.1. The second kappa shape index (κ2) is 6.36. The minimum atomic E-state index is -0.168. The molecule has 7 nitrogen and oxygen atoms in total. The van der Waals surface area contributed by atoms with Crippen LogP contribution in [0.1, 0.15) is 0 Å². The minimum absolute atomic E-state index is 0.0690. The molecule has 0 radical (unpaired) electrons. The molecule has 0 atom stereocenters. The van der Waals surface area contributed by atoms with Crippen molar-refractivity contribution in [2.75, 3.05) is 37.6 Å². The predicted octanol–water partition coefficient (Wildman–Crippen LogP) is 1.79. The molecule has 2 aromatic rings. The molecule has 8 heteroatoms. The van der Waals surface area contributed by atoms with Gasteiger partial charge in [-0.2, -0.15) is 10.4 Å². The van der Waals surface area contributed by atoms with Crippen LogP contribution >= 0.6 is 11.6 Å². The number of rotatable bonds is 3. The Hall–Kier alpha value is -2.43. The number of nitrogens with zero attached hydrogens (tertiary/aromatic N) is 4. The summed E-state index contributed by atoms with van der Waals surface area (Å²) in [6, 6.07) is 4.89. The van der Waals surface area contributed by atoms with Gasteiger partial charge in [0, 0.05) is 37.8 Å². The van der Waals surface area contributed by atoms with Gasteiger partial charge in [0.05, 0.1) is 35.2 Å². The number of aromatic amines is 1. The molecule has 0 saturated carbocycles. The number of piperazine rings is 1. The molecule has 0 unspecified atom stereocenters. The molecule has 1 aliphatic heterocycles. The lowest BCUT2D eigenvalue weighted by Gasteiger charge is -2.34. The average molecular weight is 334 g/mol. The Morgan fingerprint density at radius 1 is 1.22 bits per heavy atom. The fourth-order valence-electron chi connectivity index (χ4n) is 2.72. The SMILES string of the molecule is N#CCN1CCN(c2cn[nH]c2-c2cc(Cl)c(O)cc2O)CC1. The zero-order valence-corrected chi connectivity index (χ0v) is 13.1. The normalized spacial score (nSPS) is 15.6. The van der Waals surface area contributed by atoms with Gasteiger partial charge >= 0.3 is 0 Å². The molecule has 1 aromatic heterocycles. The highest BCUT2D eigenvalue weighted by Crippen LogP contribution is 2.40. The van der Waals surface area contributed by atoms with E-state index in [2.05, 4.69) is 26.1 Å². The van der Waals surface area contributed by atoms with Gasteiger partial charge in [-0.3, -0.25) is 10.00 Å². The topological polar surface area (TPSA) is 99.4 Å². The number of phenolic OH excluding ortho intramolecular Hbond substituents is 2. The summed E-state index contributed by atoms with van der Waals surface area (Å²) in [5, 5.41) is 35.5. The van der Waals surface area contributed by atoms with Gasteiger partial charge in [-0.1, -0.05) is 11.6 Å². The van der Waals surface area contributed by atoms with E-state index in [1.54, 1.807) is 6.20 Å². The van der Waals surface area contributed by atoms with E-state index in [4.69, 9.17) is 16.9 Å². The van der Waals surface area contributed by atoms with Crippen molar-refractivity contribution in [2.24, 2.45) is 0 Å². The number of aromatic nitrogens is 2. The third-order valence-electron chi connectivity index (χ3n) is 3.96. The van der Waals surface area contributed by atoms with E-state index < -0.39 is 0 Å². The van der Waals surface area contributed by atoms with Gasteiger partial charge in [0.2, 0.25) is 0 Å². The fourth-order valence-corrected chi connectivity index (χ4v) is 2.88. The smallest absolute Gasteiger partial charge is 0.137 e. The van der Waals surface area contributed by atoms with Crippen molar-refractivity contribution >= 4 is 17.3 Å². The Bertz CT molecular complexity index is 747. The van der Waals surface area contributed by atoms with Crippen LogP contribution in [0.25, 0.3) is 11.3 Å². The molecule has 0 amide bonds. The first kappa shape index (κ1) is 15.5. The molecule has 23 heavy (non-hydrogen) atoms. The zero-order chi connectivity index (χ0) is 16.4. The summed E-state index contributed by atoms with van der Waals surface area (Å²) in [5.74, 6) is -0.236. The fraction of sp³-hybridized carbons (Fsp3) is 0.333. The molecular weight excluding hydrogens is 318 g/mol. The highest BCUT2D eigenvalue weighted by atomic mass is 35.5. The van der Waals surface area contributed by atoms with Gasteiger partial charge in [-0.05, 0) is 6.07 Å². The standard InChI is InChI=1S/C15H16ClN5O2/c16-11-7-10(13(22)8-14(11)23)15-12(9-18-19-15)21-5-3-20(2-1-17)4-6-21/h7-9,22-23H,2-6H2,(H,18,19). The number of hydrogen-bond donors (Lipinski definition) is 3. The summed E-state index contributed by atoms with van der Waals surface area (Å²) >= 11 is 5.95. The summed E-state index contributed by atoms with van der Waals surface area (Å²) in [7, 11) is 0. The largest absolute Gasteiger partial charge is 0.507 e. The Kier molecular flexibility index (Phi) is 4.28. The van der Waals surface area contributed by atoms with Gasteiger partial charge in [-0.15, -0.1) is 0 Å². The van der Waals surface area contributed by atoms with E-state index in [1.807, 2.05) is 0 Å². The maximum absolute atomic E-state index is 10.1. The molecule has 3 N–H and O–H groups in total. The van der Waals surface area contributed by atoms with Crippen LogP contribution < -0.4 is 4.90 Å². The van der Waals surface area contributed by atoms with Crippen molar-refractivity contribution in [3.05, 3.63) is 23.4 Å². The van der Waals surface area contributed by atoms with E-state index in [0.29, 0.717) is 17.8 Å². The van der Waals surface area contributed by atoms with E-state index in [-0.39, 0.29) is 16.5 Å². The van der Waals surface area contributed by atoms with E-state index in [0.717, 1.165) is 31.9 Å².